The first-order valence-electron chi connectivity index (χ1n) is 4.99. The number of aliphatic hydroxyl groups is 1. The van der Waals surface area contributed by atoms with Crippen molar-refractivity contribution in [3.05, 3.63) is 0 Å². The van der Waals surface area contributed by atoms with Gasteiger partial charge in [-0.25, -0.2) is 0 Å². The minimum absolute atomic E-state index is 0.0395. The van der Waals surface area contributed by atoms with Crippen molar-refractivity contribution < 1.29 is 5.11 Å². The van der Waals surface area contributed by atoms with Gasteiger partial charge in [0.05, 0.1) is 6.61 Å². The zero-order chi connectivity index (χ0) is 10.5. The largest absolute Gasteiger partial charge is 0.394 e. The average molecular weight is 188 g/mol. The summed E-state index contributed by atoms with van der Waals surface area (Å²) in [5, 5.41) is 8.98. The van der Waals surface area contributed by atoms with Crippen LogP contribution in [-0.2, 0) is 0 Å². The van der Waals surface area contributed by atoms with Crippen molar-refractivity contribution in [2.45, 2.75) is 32.7 Å². The van der Waals surface area contributed by atoms with Crippen molar-refractivity contribution in [1.29, 1.82) is 0 Å². The van der Waals surface area contributed by atoms with E-state index in [1.165, 1.54) is 6.42 Å². The molecule has 0 aromatic heterocycles. The van der Waals surface area contributed by atoms with E-state index in [1.807, 2.05) is 14.0 Å². The van der Waals surface area contributed by atoms with Gasteiger partial charge in [0.2, 0.25) is 0 Å². The van der Waals surface area contributed by atoms with Gasteiger partial charge in [0, 0.05) is 18.6 Å². The molecule has 0 saturated carbocycles. The predicted molar refractivity (Wildman–Crippen MR) is 56.6 cm³/mol. The summed E-state index contributed by atoms with van der Waals surface area (Å²) in [5.74, 6) is 0.694. The highest BCUT2D eigenvalue weighted by Gasteiger charge is 2.19. The molecule has 3 heteroatoms. The second kappa shape index (κ2) is 5.58. The molecule has 0 aliphatic rings. The van der Waals surface area contributed by atoms with E-state index in [1.54, 1.807) is 0 Å². The minimum atomic E-state index is -0.470. The van der Waals surface area contributed by atoms with Crippen LogP contribution in [0.3, 0.4) is 0 Å². The van der Waals surface area contributed by atoms with E-state index in [4.69, 9.17) is 10.8 Å². The molecule has 0 spiro atoms. The van der Waals surface area contributed by atoms with E-state index < -0.39 is 5.54 Å². The normalized spacial score (nSPS) is 18.7. The summed E-state index contributed by atoms with van der Waals surface area (Å²) in [4.78, 5) is 2.18. The van der Waals surface area contributed by atoms with Crippen LogP contribution in [0.25, 0.3) is 0 Å². The van der Waals surface area contributed by atoms with E-state index in [-0.39, 0.29) is 6.61 Å². The topological polar surface area (TPSA) is 49.5 Å². The maximum Gasteiger partial charge on any atom is 0.0621 e. The number of nitrogens with zero attached hydrogens (tertiary/aromatic N) is 1. The number of likely N-dealkylation sites (N-methyl/N-ethyl adjacent to an activating group) is 1. The van der Waals surface area contributed by atoms with Gasteiger partial charge in [0.1, 0.15) is 0 Å². The van der Waals surface area contributed by atoms with E-state index in [9.17, 15) is 0 Å². The van der Waals surface area contributed by atoms with E-state index in [0.29, 0.717) is 5.92 Å². The van der Waals surface area contributed by atoms with Gasteiger partial charge in [-0.1, -0.05) is 20.3 Å². The zero-order valence-corrected chi connectivity index (χ0v) is 9.38. The van der Waals surface area contributed by atoms with Crippen LogP contribution in [-0.4, -0.2) is 42.3 Å². The highest BCUT2D eigenvalue weighted by atomic mass is 16.3. The minimum Gasteiger partial charge on any atom is -0.394 e. The highest BCUT2D eigenvalue weighted by molar-refractivity contribution is 4.81. The van der Waals surface area contributed by atoms with Crippen molar-refractivity contribution in [2.75, 3.05) is 26.7 Å². The summed E-state index contributed by atoms with van der Waals surface area (Å²) in [6, 6.07) is 0. The number of hydrogen-bond donors (Lipinski definition) is 2. The van der Waals surface area contributed by atoms with Crippen LogP contribution in [0, 0.1) is 5.92 Å². The molecule has 80 valence electrons. The van der Waals surface area contributed by atoms with Gasteiger partial charge in [-0.15, -0.1) is 0 Å². The smallest absolute Gasteiger partial charge is 0.0621 e. The molecule has 2 atom stereocenters. The second-order valence-electron chi connectivity index (χ2n) is 4.52. The Bertz CT molecular complexity index is 137. The van der Waals surface area contributed by atoms with Gasteiger partial charge in [-0.2, -0.15) is 0 Å². The number of hydrogen-bond acceptors (Lipinski definition) is 3. The standard InChI is InChI=1S/C10H24N2O/c1-5-9(2)6-12(4)7-10(3,11)8-13/h9,13H,5-8,11H2,1-4H3. The molecule has 0 aliphatic heterocycles. The van der Waals surface area contributed by atoms with Crippen LogP contribution in [0.4, 0.5) is 0 Å². The molecule has 0 aliphatic carbocycles. The van der Waals surface area contributed by atoms with Crippen LogP contribution in [0.1, 0.15) is 27.2 Å². The molecule has 3 nitrogen and oxygen atoms in total. The van der Waals surface area contributed by atoms with Gasteiger partial charge < -0.3 is 15.7 Å². The van der Waals surface area contributed by atoms with Gasteiger partial charge in [0.15, 0.2) is 0 Å². The first kappa shape index (κ1) is 12.9. The lowest BCUT2D eigenvalue weighted by Gasteiger charge is -2.29. The lowest BCUT2D eigenvalue weighted by molar-refractivity contribution is 0.154. The summed E-state index contributed by atoms with van der Waals surface area (Å²) in [5.41, 5.74) is 5.37. The van der Waals surface area contributed by atoms with Crippen molar-refractivity contribution in [3.63, 3.8) is 0 Å². The van der Waals surface area contributed by atoms with Gasteiger partial charge in [-0.05, 0) is 19.9 Å². The first-order chi connectivity index (χ1) is 5.91. The Morgan fingerprint density at radius 1 is 1.54 bits per heavy atom. The second-order valence-corrected chi connectivity index (χ2v) is 4.52. The zero-order valence-electron chi connectivity index (χ0n) is 9.38. The summed E-state index contributed by atoms with van der Waals surface area (Å²) >= 11 is 0. The van der Waals surface area contributed by atoms with Crippen LogP contribution in [0.5, 0.6) is 0 Å². The lowest BCUT2D eigenvalue weighted by atomic mass is 10.0. The Morgan fingerprint density at radius 3 is 2.46 bits per heavy atom. The van der Waals surface area contributed by atoms with Crippen LogP contribution < -0.4 is 5.73 Å². The fourth-order valence-electron chi connectivity index (χ4n) is 1.39. The fourth-order valence-corrected chi connectivity index (χ4v) is 1.39. The average Bonchev–Trinajstić information content (AvgIpc) is 2.03. The van der Waals surface area contributed by atoms with Crippen LogP contribution in [0.15, 0.2) is 0 Å². The van der Waals surface area contributed by atoms with Gasteiger partial charge >= 0.3 is 0 Å². The van der Waals surface area contributed by atoms with E-state index >= 15 is 0 Å². The molecule has 0 amide bonds. The molecule has 0 radical (unpaired) electrons. The molecular formula is C10H24N2O. The Hall–Kier alpha value is -0.120. The summed E-state index contributed by atoms with van der Waals surface area (Å²) in [7, 11) is 2.05. The fraction of sp³-hybridized carbons (Fsp3) is 1.00. The molecule has 3 N–H and O–H groups in total. The monoisotopic (exact) mass is 188 g/mol. The lowest BCUT2D eigenvalue weighted by Crippen LogP contribution is -2.50. The number of nitrogens with two attached hydrogens (primary N) is 1. The summed E-state index contributed by atoms with van der Waals surface area (Å²) < 4.78 is 0. The molecule has 0 rings (SSSR count). The maximum atomic E-state index is 8.98. The molecular weight excluding hydrogens is 164 g/mol. The molecule has 0 bridgehead atoms. The Morgan fingerprint density at radius 2 is 2.08 bits per heavy atom. The van der Waals surface area contributed by atoms with Gasteiger partial charge in [0.25, 0.3) is 0 Å². The predicted octanol–water partition coefficient (Wildman–Crippen LogP) is 0.674. The molecule has 2 unspecified atom stereocenters. The molecule has 13 heavy (non-hydrogen) atoms. The molecule has 0 heterocycles. The van der Waals surface area contributed by atoms with Crippen molar-refractivity contribution in [3.8, 4) is 0 Å². The first-order valence-corrected chi connectivity index (χ1v) is 4.99. The molecule has 0 fully saturated rings. The molecule has 0 aromatic rings. The Kier molecular flexibility index (Phi) is 5.53. The molecule has 0 saturated heterocycles. The number of aliphatic hydroxyl groups excluding tert-OH is 1. The van der Waals surface area contributed by atoms with Crippen LogP contribution >= 0.6 is 0 Å². The SMILES string of the molecule is CCC(C)CN(C)CC(C)(N)CO. The third-order valence-corrected chi connectivity index (χ3v) is 2.31. The maximum absolute atomic E-state index is 8.98. The number of rotatable bonds is 6. The highest BCUT2D eigenvalue weighted by Crippen LogP contribution is 2.06. The Balaban J connectivity index is 3.79. The Labute approximate surface area is 81.9 Å². The summed E-state index contributed by atoms with van der Waals surface area (Å²) in [6.07, 6.45) is 1.19. The molecule has 0 aromatic carbocycles. The van der Waals surface area contributed by atoms with E-state index in [2.05, 4.69) is 18.7 Å². The quantitative estimate of drug-likeness (QED) is 0.644. The van der Waals surface area contributed by atoms with Crippen molar-refractivity contribution in [2.24, 2.45) is 11.7 Å². The van der Waals surface area contributed by atoms with Crippen molar-refractivity contribution >= 4 is 0 Å². The van der Waals surface area contributed by atoms with E-state index in [0.717, 1.165) is 13.1 Å². The van der Waals surface area contributed by atoms with Crippen LogP contribution in [0.2, 0.25) is 0 Å². The third kappa shape index (κ3) is 6.02. The summed E-state index contributed by atoms with van der Waals surface area (Å²) in [6.45, 7) is 8.12. The van der Waals surface area contributed by atoms with Gasteiger partial charge in [-0.3, -0.25) is 0 Å². The van der Waals surface area contributed by atoms with Crippen molar-refractivity contribution in [1.82, 2.24) is 4.90 Å². The third-order valence-electron chi connectivity index (χ3n) is 2.31.